The molecule has 1 aromatic rings. The minimum atomic E-state index is -0.860. The third-order valence-corrected chi connectivity index (χ3v) is 3.44. The monoisotopic (exact) mass is 304 g/mol. The van der Waals surface area contributed by atoms with Gasteiger partial charge in [0.25, 0.3) is 0 Å². The molecule has 1 aromatic carbocycles. The number of hydrogen-bond acceptors (Lipinski definition) is 4. The maximum absolute atomic E-state index is 11.9. The zero-order chi connectivity index (χ0) is 16.5. The van der Waals surface area contributed by atoms with Crippen LogP contribution in [0, 0.1) is 0 Å². The number of benzene rings is 1. The molecule has 118 valence electrons. The second kappa shape index (κ2) is 5.44. The van der Waals surface area contributed by atoms with Crippen LogP contribution in [0.3, 0.4) is 0 Å². The first kappa shape index (κ1) is 16.0. The van der Waals surface area contributed by atoms with Crippen molar-refractivity contribution in [3.8, 4) is 0 Å². The summed E-state index contributed by atoms with van der Waals surface area (Å²) in [4.78, 5) is 35.0. The molecule has 1 atom stereocenters. The number of imide groups is 1. The molecular formula is C16H20N2O4. The summed E-state index contributed by atoms with van der Waals surface area (Å²) in [5.74, 6) is -0.575. The van der Waals surface area contributed by atoms with Crippen LogP contribution >= 0.6 is 0 Å². The van der Waals surface area contributed by atoms with E-state index < -0.39 is 17.1 Å². The molecule has 1 heterocycles. The fourth-order valence-electron chi connectivity index (χ4n) is 2.29. The van der Waals surface area contributed by atoms with Crippen molar-refractivity contribution in [2.75, 3.05) is 5.32 Å². The summed E-state index contributed by atoms with van der Waals surface area (Å²) in [5.41, 5.74) is -0.140. The Hall–Kier alpha value is -2.37. The van der Waals surface area contributed by atoms with E-state index in [1.54, 1.807) is 52.0 Å². The highest BCUT2D eigenvalue weighted by molar-refractivity contribution is 6.08. The van der Waals surface area contributed by atoms with Gasteiger partial charge in [-0.15, -0.1) is 0 Å². The Morgan fingerprint density at radius 1 is 1.23 bits per heavy atom. The van der Waals surface area contributed by atoms with Crippen molar-refractivity contribution in [1.29, 1.82) is 0 Å². The topological polar surface area (TPSA) is 84.5 Å². The zero-order valence-electron chi connectivity index (χ0n) is 13.1. The zero-order valence-corrected chi connectivity index (χ0v) is 13.1. The van der Waals surface area contributed by atoms with Crippen LogP contribution < -0.4 is 10.6 Å². The standard InChI is InChI=1S/C16H20N2O4/c1-15(2,3)22-14(21)17-11-7-5-10(6-8-11)16(4)9-12(19)18-13(16)20/h5-8H,9H2,1-4H3,(H,17,21)(H,18,19,20). The van der Waals surface area contributed by atoms with E-state index in [-0.39, 0.29) is 18.2 Å². The van der Waals surface area contributed by atoms with Crippen LogP contribution in [0.25, 0.3) is 0 Å². The van der Waals surface area contributed by atoms with Crippen molar-refractivity contribution in [1.82, 2.24) is 5.32 Å². The molecule has 1 saturated heterocycles. The van der Waals surface area contributed by atoms with Gasteiger partial charge in [-0.3, -0.25) is 20.2 Å². The molecule has 2 rings (SSSR count). The van der Waals surface area contributed by atoms with E-state index in [4.69, 9.17) is 4.74 Å². The Kier molecular flexibility index (Phi) is 3.96. The van der Waals surface area contributed by atoms with Crippen molar-refractivity contribution in [2.24, 2.45) is 0 Å². The van der Waals surface area contributed by atoms with Gasteiger partial charge in [-0.1, -0.05) is 12.1 Å². The first-order valence-electron chi connectivity index (χ1n) is 7.05. The minimum absolute atomic E-state index is 0.130. The van der Waals surface area contributed by atoms with Gasteiger partial charge >= 0.3 is 6.09 Å². The summed E-state index contributed by atoms with van der Waals surface area (Å²) in [6, 6.07) is 6.82. The largest absolute Gasteiger partial charge is 0.444 e. The Morgan fingerprint density at radius 2 is 1.82 bits per heavy atom. The van der Waals surface area contributed by atoms with Crippen LogP contribution in [0.5, 0.6) is 0 Å². The molecule has 3 amide bonds. The van der Waals surface area contributed by atoms with Gasteiger partial charge in [-0.25, -0.2) is 4.79 Å². The van der Waals surface area contributed by atoms with Gasteiger partial charge in [0.15, 0.2) is 0 Å². The molecule has 0 saturated carbocycles. The highest BCUT2D eigenvalue weighted by Crippen LogP contribution is 2.32. The average molecular weight is 304 g/mol. The first-order chi connectivity index (χ1) is 10.1. The summed E-state index contributed by atoms with van der Waals surface area (Å²) in [6.07, 6.45) is -0.412. The Balaban J connectivity index is 2.10. The Labute approximate surface area is 129 Å². The Bertz CT molecular complexity index is 616. The Morgan fingerprint density at radius 3 is 2.27 bits per heavy atom. The van der Waals surface area contributed by atoms with E-state index in [9.17, 15) is 14.4 Å². The molecule has 2 N–H and O–H groups in total. The molecule has 6 heteroatoms. The highest BCUT2D eigenvalue weighted by atomic mass is 16.6. The van der Waals surface area contributed by atoms with E-state index >= 15 is 0 Å². The van der Waals surface area contributed by atoms with Gasteiger partial charge in [0, 0.05) is 12.1 Å². The fourth-order valence-corrected chi connectivity index (χ4v) is 2.29. The van der Waals surface area contributed by atoms with E-state index in [0.29, 0.717) is 5.69 Å². The van der Waals surface area contributed by atoms with Gasteiger partial charge in [0.2, 0.25) is 11.8 Å². The summed E-state index contributed by atoms with van der Waals surface area (Å²) in [5, 5.41) is 4.93. The maximum atomic E-state index is 11.9. The van der Waals surface area contributed by atoms with Crippen LogP contribution in [0.1, 0.15) is 39.7 Å². The van der Waals surface area contributed by atoms with Crippen molar-refractivity contribution in [2.45, 2.75) is 45.1 Å². The summed E-state index contributed by atoms with van der Waals surface area (Å²) >= 11 is 0. The number of nitrogens with one attached hydrogen (secondary N) is 2. The molecule has 6 nitrogen and oxygen atoms in total. The van der Waals surface area contributed by atoms with E-state index in [1.807, 2.05) is 0 Å². The molecule has 0 spiro atoms. The maximum Gasteiger partial charge on any atom is 0.412 e. The van der Waals surface area contributed by atoms with Crippen molar-refractivity contribution < 1.29 is 19.1 Å². The predicted octanol–water partition coefficient (Wildman–Crippen LogP) is 2.34. The van der Waals surface area contributed by atoms with Crippen LogP contribution in [-0.4, -0.2) is 23.5 Å². The normalized spacial score (nSPS) is 21.5. The molecule has 0 radical (unpaired) electrons. The molecular weight excluding hydrogens is 284 g/mol. The second-order valence-corrected chi connectivity index (χ2v) is 6.59. The molecule has 1 fully saturated rings. The molecule has 1 unspecified atom stereocenters. The number of hydrogen-bond donors (Lipinski definition) is 2. The van der Waals surface area contributed by atoms with Crippen LogP contribution in [0.15, 0.2) is 24.3 Å². The van der Waals surface area contributed by atoms with Gasteiger partial charge in [0.05, 0.1) is 5.41 Å². The first-order valence-corrected chi connectivity index (χ1v) is 7.05. The SMILES string of the molecule is CC(C)(C)OC(=O)Nc1ccc(C2(C)CC(=O)NC2=O)cc1. The molecule has 0 aliphatic carbocycles. The molecule has 0 bridgehead atoms. The van der Waals surface area contributed by atoms with Crippen LogP contribution in [0.4, 0.5) is 10.5 Å². The molecule has 1 aliphatic heterocycles. The minimum Gasteiger partial charge on any atom is -0.444 e. The lowest BCUT2D eigenvalue weighted by Crippen LogP contribution is -2.32. The lowest BCUT2D eigenvalue weighted by molar-refractivity contribution is -0.126. The van der Waals surface area contributed by atoms with Crippen molar-refractivity contribution >= 4 is 23.6 Å². The number of amides is 3. The van der Waals surface area contributed by atoms with Gasteiger partial charge in [-0.2, -0.15) is 0 Å². The van der Waals surface area contributed by atoms with Gasteiger partial charge < -0.3 is 4.74 Å². The summed E-state index contributed by atoms with van der Waals surface area (Å²) in [6.45, 7) is 7.08. The lowest BCUT2D eigenvalue weighted by atomic mass is 9.81. The van der Waals surface area contributed by atoms with Crippen LogP contribution in [0.2, 0.25) is 0 Å². The summed E-state index contributed by atoms with van der Waals surface area (Å²) in [7, 11) is 0. The van der Waals surface area contributed by atoms with Gasteiger partial charge in [-0.05, 0) is 45.4 Å². The lowest BCUT2D eigenvalue weighted by Gasteiger charge is -2.21. The number of carbonyl (C=O) groups is 3. The third-order valence-electron chi connectivity index (χ3n) is 3.44. The molecule has 1 aliphatic rings. The number of ether oxygens (including phenoxy) is 1. The number of anilines is 1. The predicted molar refractivity (Wildman–Crippen MR) is 81.4 cm³/mol. The van der Waals surface area contributed by atoms with Gasteiger partial charge in [0.1, 0.15) is 5.60 Å². The fraction of sp³-hybridized carbons (Fsp3) is 0.438. The number of rotatable bonds is 2. The highest BCUT2D eigenvalue weighted by Gasteiger charge is 2.43. The van der Waals surface area contributed by atoms with Crippen molar-refractivity contribution in [3.63, 3.8) is 0 Å². The number of carbonyl (C=O) groups excluding carboxylic acids is 3. The molecule has 0 aromatic heterocycles. The van der Waals surface area contributed by atoms with Crippen LogP contribution in [-0.2, 0) is 19.7 Å². The smallest absolute Gasteiger partial charge is 0.412 e. The molecule has 22 heavy (non-hydrogen) atoms. The summed E-state index contributed by atoms with van der Waals surface area (Å²) < 4.78 is 5.16. The van der Waals surface area contributed by atoms with Crippen molar-refractivity contribution in [3.05, 3.63) is 29.8 Å². The average Bonchev–Trinajstić information content (AvgIpc) is 2.62. The third kappa shape index (κ3) is 3.44. The van der Waals surface area contributed by atoms with E-state index in [2.05, 4.69) is 10.6 Å². The van der Waals surface area contributed by atoms with E-state index in [0.717, 1.165) is 5.56 Å². The second-order valence-electron chi connectivity index (χ2n) is 6.59. The van der Waals surface area contributed by atoms with E-state index in [1.165, 1.54) is 0 Å². The quantitative estimate of drug-likeness (QED) is 0.821.